The Balaban J connectivity index is 2.02. The van der Waals surface area contributed by atoms with Crippen molar-refractivity contribution >= 4 is 19.0 Å². The van der Waals surface area contributed by atoms with Crippen molar-refractivity contribution in [1.29, 1.82) is 0 Å². The molecule has 0 spiro atoms. The van der Waals surface area contributed by atoms with Crippen molar-refractivity contribution in [2.75, 3.05) is 18.5 Å². The molecular weight excluding hydrogens is 436 g/mol. The van der Waals surface area contributed by atoms with E-state index in [1.165, 1.54) is 6.07 Å². The first-order valence-corrected chi connectivity index (χ1v) is 11.6. The summed E-state index contributed by atoms with van der Waals surface area (Å²) in [5.74, 6) is -1.94. The maximum absolute atomic E-state index is 13.8. The van der Waals surface area contributed by atoms with Crippen LogP contribution in [0.25, 0.3) is 11.3 Å². The Morgan fingerprint density at radius 3 is 2.34 bits per heavy atom. The standard InChI is InChI=1S/C22H23FN3O5P/c1-3-30-32(29,31-4-2)22(25-18-12-13-19(23)21(15-18)26(27)28)17-10-8-16(9-11-17)20-7-5-6-14-24-20/h5-15,22,25H,3-4H2,1-2H3. The van der Waals surface area contributed by atoms with Crippen LogP contribution in [0.5, 0.6) is 0 Å². The molecule has 10 heteroatoms. The molecule has 0 saturated carbocycles. The van der Waals surface area contributed by atoms with Gasteiger partial charge in [0, 0.05) is 23.5 Å². The van der Waals surface area contributed by atoms with E-state index in [-0.39, 0.29) is 18.9 Å². The number of anilines is 1. The second-order valence-electron chi connectivity index (χ2n) is 6.68. The van der Waals surface area contributed by atoms with E-state index < -0.39 is 29.8 Å². The average molecular weight is 459 g/mol. The summed E-state index contributed by atoms with van der Waals surface area (Å²) < 4.78 is 38.5. The third-order valence-corrected chi connectivity index (χ3v) is 6.86. The van der Waals surface area contributed by atoms with Gasteiger partial charge in [0.25, 0.3) is 0 Å². The molecule has 1 atom stereocenters. The van der Waals surface area contributed by atoms with Crippen molar-refractivity contribution in [2.24, 2.45) is 0 Å². The lowest BCUT2D eigenvalue weighted by Gasteiger charge is -2.28. The van der Waals surface area contributed by atoms with E-state index in [0.717, 1.165) is 23.4 Å². The van der Waals surface area contributed by atoms with Crippen molar-refractivity contribution in [3.05, 3.63) is 88.4 Å². The Kier molecular flexibility index (Phi) is 7.69. The number of aromatic nitrogens is 1. The molecule has 1 aromatic heterocycles. The Labute approximate surface area is 185 Å². The Bertz CT molecular complexity index is 1100. The van der Waals surface area contributed by atoms with Gasteiger partial charge in [-0.15, -0.1) is 0 Å². The van der Waals surface area contributed by atoms with Crippen molar-refractivity contribution in [2.45, 2.75) is 19.6 Å². The summed E-state index contributed by atoms with van der Waals surface area (Å²) in [7, 11) is -3.74. The molecule has 0 aliphatic rings. The largest absolute Gasteiger partial charge is 0.368 e. The average Bonchev–Trinajstić information content (AvgIpc) is 2.79. The Hall–Kier alpha value is -3.13. The monoisotopic (exact) mass is 459 g/mol. The molecule has 0 fully saturated rings. The van der Waals surface area contributed by atoms with Crippen LogP contribution in [0.4, 0.5) is 15.8 Å². The number of nitrogens with zero attached hydrogens (tertiary/aromatic N) is 2. The van der Waals surface area contributed by atoms with E-state index in [0.29, 0.717) is 5.56 Å². The Morgan fingerprint density at radius 2 is 1.78 bits per heavy atom. The van der Waals surface area contributed by atoms with E-state index >= 15 is 0 Å². The van der Waals surface area contributed by atoms with Crippen molar-refractivity contribution in [3.63, 3.8) is 0 Å². The molecule has 1 heterocycles. The highest BCUT2D eigenvalue weighted by Gasteiger charge is 2.37. The molecular formula is C22H23FN3O5P. The van der Waals surface area contributed by atoms with Crippen LogP contribution in [-0.2, 0) is 13.6 Å². The van der Waals surface area contributed by atoms with Crippen molar-refractivity contribution < 1.29 is 22.9 Å². The highest BCUT2D eigenvalue weighted by atomic mass is 31.2. The van der Waals surface area contributed by atoms with Gasteiger partial charge in [0.2, 0.25) is 5.82 Å². The van der Waals surface area contributed by atoms with Gasteiger partial charge in [0.1, 0.15) is 0 Å². The van der Waals surface area contributed by atoms with E-state index in [9.17, 15) is 19.1 Å². The van der Waals surface area contributed by atoms with Crippen LogP contribution in [-0.4, -0.2) is 23.1 Å². The van der Waals surface area contributed by atoms with Gasteiger partial charge in [-0.3, -0.25) is 19.7 Å². The fourth-order valence-electron chi connectivity index (χ4n) is 3.16. The van der Waals surface area contributed by atoms with Crippen LogP contribution in [0.15, 0.2) is 66.9 Å². The Morgan fingerprint density at radius 1 is 1.09 bits per heavy atom. The van der Waals surface area contributed by atoms with Gasteiger partial charge in [-0.25, -0.2) is 0 Å². The highest BCUT2D eigenvalue weighted by molar-refractivity contribution is 7.54. The zero-order valence-corrected chi connectivity index (χ0v) is 18.5. The highest BCUT2D eigenvalue weighted by Crippen LogP contribution is 2.60. The molecule has 3 aromatic rings. The maximum Gasteiger partial charge on any atom is 0.357 e. The number of halogens is 1. The third-order valence-electron chi connectivity index (χ3n) is 4.57. The zero-order chi connectivity index (χ0) is 23.1. The van der Waals surface area contributed by atoms with Crippen LogP contribution >= 0.6 is 7.60 Å². The summed E-state index contributed by atoms with van der Waals surface area (Å²) in [4.78, 5) is 14.6. The molecule has 0 saturated heterocycles. The fraction of sp³-hybridized carbons (Fsp3) is 0.227. The smallest absolute Gasteiger partial charge is 0.357 e. The summed E-state index contributed by atoms with van der Waals surface area (Å²) in [6.07, 6.45) is 1.69. The molecule has 0 amide bonds. The molecule has 0 radical (unpaired) electrons. The van der Waals surface area contributed by atoms with E-state index in [4.69, 9.17) is 9.05 Å². The SMILES string of the molecule is CCOP(=O)(OCC)C(Nc1ccc(F)c([N+](=O)[O-])c1)c1ccc(-c2ccccn2)cc1. The summed E-state index contributed by atoms with van der Waals surface area (Å²) in [5.41, 5.74) is 1.71. The molecule has 32 heavy (non-hydrogen) atoms. The van der Waals surface area contributed by atoms with Gasteiger partial charge in [0.15, 0.2) is 5.78 Å². The normalized spacial score (nSPS) is 12.3. The minimum absolute atomic E-state index is 0.130. The number of hydrogen-bond donors (Lipinski definition) is 1. The second kappa shape index (κ2) is 10.5. The predicted molar refractivity (Wildman–Crippen MR) is 120 cm³/mol. The molecule has 3 rings (SSSR count). The lowest BCUT2D eigenvalue weighted by Crippen LogP contribution is -2.15. The minimum atomic E-state index is -3.74. The molecule has 168 valence electrons. The molecule has 0 bridgehead atoms. The number of benzene rings is 2. The summed E-state index contributed by atoms with van der Waals surface area (Å²) >= 11 is 0. The van der Waals surface area contributed by atoms with Crippen molar-refractivity contribution in [1.82, 2.24) is 4.98 Å². The lowest BCUT2D eigenvalue weighted by atomic mass is 10.1. The van der Waals surface area contributed by atoms with E-state index in [1.54, 1.807) is 32.2 Å². The van der Waals surface area contributed by atoms with Crippen LogP contribution in [0, 0.1) is 15.9 Å². The van der Waals surface area contributed by atoms with Gasteiger partial charge in [-0.05, 0) is 43.7 Å². The van der Waals surface area contributed by atoms with Crippen LogP contribution in [0.1, 0.15) is 25.2 Å². The molecule has 1 N–H and O–H groups in total. The fourth-order valence-corrected chi connectivity index (χ4v) is 5.10. The predicted octanol–water partition coefficient (Wildman–Crippen LogP) is 6.17. The minimum Gasteiger partial charge on any atom is -0.368 e. The number of hydrogen-bond acceptors (Lipinski definition) is 7. The molecule has 0 aliphatic carbocycles. The topological polar surface area (TPSA) is 104 Å². The molecule has 1 unspecified atom stereocenters. The number of nitrogens with one attached hydrogen (secondary N) is 1. The molecule has 2 aromatic carbocycles. The van der Waals surface area contributed by atoms with Gasteiger partial charge >= 0.3 is 13.3 Å². The number of nitro benzene ring substituents is 1. The summed E-state index contributed by atoms with van der Waals surface area (Å²) in [5, 5.41) is 14.1. The third kappa shape index (κ3) is 5.37. The lowest BCUT2D eigenvalue weighted by molar-refractivity contribution is -0.387. The second-order valence-corrected chi connectivity index (χ2v) is 8.80. The van der Waals surface area contributed by atoms with E-state index in [2.05, 4.69) is 10.3 Å². The van der Waals surface area contributed by atoms with Gasteiger partial charge in [0.05, 0.1) is 23.8 Å². The van der Waals surface area contributed by atoms with Crippen LogP contribution in [0.3, 0.4) is 0 Å². The summed E-state index contributed by atoms with van der Waals surface area (Å²) in [6.45, 7) is 3.64. The van der Waals surface area contributed by atoms with Gasteiger partial charge in [-0.2, -0.15) is 4.39 Å². The van der Waals surface area contributed by atoms with Gasteiger partial charge < -0.3 is 14.4 Å². The van der Waals surface area contributed by atoms with Gasteiger partial charge in [-0.1, -0.05) is 30.3 Å². The first-order valence-electron chi connectivity index (χ1n) is 9.98. The number of rotatable bonds is 10. The van der Waals surface area contributed by atoms with Crippen LogP contribution < -0.4 is 5.32 Å². The number of nitro groups is 1. The van der Waals surface area contributed by atoms with Crippen molar-refractivity contribution in [3.8, 4) is 11.3 Å². The molecule has 8 nitrogen and oxygen atoms in total. The first kappa shape index (κ1) is 23.5. The summed E-state index contributed by atoms with van der Waals surface area (Å²) in [6, 6.07) is 16.1. The maximum atomic E-state index is 13.8. The first-order chi connectivity index (χ1) is 15.4. The number of pyridine rings is 1. The van der Waals surface area contributed by atoms with Crippen LogP contribution in [0.2, 0.25) is 0 Å². The zero-order valence-electron chi connectivity index (χ0n) is 17.6. The molecule has 0 aliphatic heterocycles. The van der Waals surface area contributed by atoms with E-state index in [1.807, 2.05) is 30.3 Å². The quantitative estimate of drug-likeness (QED) is 0.220.